The van der Waals surface area contributed by atoms with E-state index in [2.05, 4.69) is 11.1 Å². The molecule has 2 heterocycles. The number of benzene rings is 1. The van der Waals surface area contributed by atoms with E-state index in [4.69, 9.17) is 5.73 Å². The molecule has 1 aliphatic carbocycles. The van der Waals surface area contributed by atoms with Crippen molar-refractivity contribution in [3.05, 3.63) is 41.1 Å². The number of rotatable bonds is 4. The van der Waals surface area contributed by atoms with E-state index in [0.717, 1.165) is 6.42 Å². The Hall–Kier alpha value is -3.08. The molecule has 0 bridgehead atoms. The predicted molar refractivity (Wildman–Crippen MR) is 91.7 cm³/mol. The van der Waals surface area contributed by atoms with Crippen molar-refractivity contribution >= 4 is 22.7 Å². The van der Waals surface area contributed by atoms with Crippen LogP contribution in [0.5, 0.6) is 0 Å². The average molecular weight is 370 g/mol. The molecule has 1 saturated carbocycles. The maximum Gasteiger partial charge on any atom is 0.263 e. The Kier molecular flexibility index (Phi) is 4.02. The highest BCUT2D eigenvalue weighted by atomic mass is 19.3. The first-order valence-corrected chi connectivity index (χ1v) is 8.61. The number of halogens is 2. The summed E-state index contributed by atoms with van der Waals surface area (Å²) in [5, 5.41) is 9.60. The van der Waals surface area contributed by atoms with Crippen LogP contribution >= 0.6 is 0 Å². The molecule has 3 atom stereocenters. The monoisotopic (exact) mass is 370 g/mol. The maximum absolute atomic E-state index is 13.0. The number of primary amides is 1. The second-order valence-electron chi connectivity index (χ2n) is 7.02. The van der Waals surface area contributed by atoms with E-state index in [-0.39, 0.29) is 40.7 Å². The molecular formula is C19H16F2N4O2. The molecule has 1 aliphatic heterocycles. The van der Waals surface area contributed by atoms with E-state index >= 15 is 0 Å². The van der Waals surface area contributed by atoms with Gasteiger partial charge >= 0.3 is 0 Å². The Labute approximate surface area is 153 Å². The lowest BCUT2D eigenvalue weighted by Gasteiger charge is -2.22. The molecule has 138 valence electrons. The maximum atomic E-state index is 13.0. The van der Waals surface area contributed by atoms with Gasteiger partial charge in [0.25, 0.3) is 6.43 Å². The average Bonchev–Trinajstić information content (AvgIpc) is 3.29. The van der Waals surface area contributed by atoms with Gasteiger partial charge in [-0.2, -0.15) is 5.26 Å². The van der Waals surface area contributed by atoms with Crippen molar-refractivity contribution in [1.82, 2.24) is 9.88 Å². The van der Waals surface area contributed by atoms with Crippen molar-refractivity contribution < 1.29 is 18.4 Å². The summed E-state index contributed by atoms with van der Waals surface area (Å²) < 4.78 is 26.0. The molecule has 0 unspecified atom stereocenters. The Morgan fingerprint density at radius 1 is 1.33 bits per heavy atom. The molecule has 6 nitrogen and oxygen atoms in total. The molecule has 0 radical (unpaired) electrons. The van der Waals surface area contributed by atoms with Crippen LogP contribution < -0.4 is 5.73 Å². The summed E-state index contributed by atoms with van der Waals surface area (Å²) in [7, 11) is 0. The molecule has 8 heteroatoms. The number of amides is 2. The number of nitrogens with two attached hydrogens (primary N) is 1. The standard InChI is InChI=1S/C19H16F2N4O2/c20-18(21)9-1-2-13-14(19(23)27)6-11(24-15(13)4-9)7-17(26)25-12(8-22)3-10-5-16(10)25/h1-2,4,6,10,12,16,18H,3,5,7H2,(H2,23,27)/t10-,12+,16+/m1/s1. The fourth-order valence-electron chi connectivity index (χ4n) is 3.91. The van der Waals surface area contributed by atoms with Crippen LogP contribution in [0, 0.1) is 17.2 Å². The molecule has 2 aliphatic rings. The number of fused-ring (bicyclic) bond motifs is 2. The minimum atomic E-state index is -2.67. The number of piperidine rings is 1. The molecule has 2 aromatic rings. The molecule has 2 amide bonds. The molecule has 1 aromatic carbocycles. The lowest BCUT2D eigenvalue weighted by molar-refractivity contribution is -0.131. The summed E-state index contributed by atoms with van der Waals surface area (Å²) in [4.78, 5) is 30.4. The van der Waals surface area contributed by atoms with Gasteiger partial charge in [-0.1, -0.05) is 12.1 Å². The van der Waals surface area contributed by atoms with Crippen LogP contribution in [0.1, 0.15) is 40.9 Å². The molecular weight excluding hydrogens is 354 g/mol. The number of nitriles is 1. The highest BCUT2D eigenvalue weighted by Gasteiger charge is 2.53. The number of alkyl halides is 2. The zero-order chi connectivity index (χ0) is 19.3. The second-order valence-corrected chi connectivity index (χ2v) is 7.02. The van der Waals surface area contributed by atoms with Gasteiger partial charge in [0.1, 0.15) is 6.04 Å². The Bertz CT molecular complexity index is 1000. The van der Waals surface area contributed by atoms with E-state index in [1.807, 2.05) is 0 Å². The first-order valence-electron chi connectivity index (χ1n) is 8.61. The Balaban J connectivity index is 1.69. The summed E-state index contributed by atoms with van der Waals surface area (Å²) in [6, 6.07) is 7.04. The predicted octanol–water partition coefficient (Wildman–Crippen LogP) is 2.33. The number of likely N-dealkylation sites (tertiary alicyclic amines) is 1. The number of hydrogen-bond donors (Lipinski definition) is 1. The van der Waals surface area contributed by atoms with Gasteiger partial charge in [-0.15, -0.1) is 0 Å². The molecule has 27 heavy (non-hydrogen) atoms. The molecule has 2 fully saturated rings. The topological polar surface area (TPSA) is 100 Å². The smallest absolute Gasteiger partial charge is 0.263 e. The van der Waals surface area contributed by atoms with Gasteiger partial charge in [-0.3, -0.25) is 14.6 Å². The third kappa shape index (κ3) is 2.99. The van der Waals surface area contributed by atoms with Crippen LogP contribution in [0.3, 0.4) is 0 Å². The lowest BCUT2D eigenvalue weighted by Crippen LogP contribution is -2.38. The minimum Gasteiger partial charge on any atom is -0.366 e. The van der Waals surface area contributed by atoms with Crippen molar-refractivity contribution in [1.29, 1.82) is 5.26 Å². The van der Waals surface area contributed by atoms with Crippen molar-refractivity contribution in [2.24, 2.45) is 11.7 Å². The number of nitrogens with zero attached hydrogens (tertiary/aromatic N) is 3. The van der Waals surface area contributed by atoms with E-state index in [1.54, 1.807) is 4.90 Å². The fraction of sp³-hybridized carbons (Fsp3) is 0.368. The Morgan fingerprint density at radius 3 is 2.78 bits per heavy atom. The summed E-state index contributed by atoms with van der Waals surface area (Å²) >= 11 is 0. The second kappa shape index (κ2) is 6.27. The fourth-order valence-corrected chi connectivity index (χ4v) is 3.91. The van der Waals surface area contributed by atoms with E-state index in [1.165, 1.54) is 24.3 Å². The number of hydrogen-bond acceptors (Lipinski definition) is 4. The molecule has 4 rings (SSSR count). The van der Waals surface area contributed by atoms with Crippen molar-refractivity contribution in [3.8, 4) is 6.07 Å². The van der Waals surface area contributed by atoms with Gasteiger partial charge in [-0.25, -0.2) is 8.78 Å². The van der Waals surface area contributed by atoms with Gasteiger partial charge in [0, 0.05) is 17.0 Å². The first kappa shape index (κ1) is 17.3. The number of carbonyl (C=O) groups is 2. The van der Waals surface area contributed by atoms with Gasteiger partial charge < -0.3 is 10.6 Å². The quantitative estimate of drug-likeness (QED) is 0.893. The lowest BCUT2D eigenvalue weighted by atomic mass is 10.0. The van der Waals surface area contributed by atoms with Gasteiger partial charge in [-0.05, 0) is 30.9 Å². The summed E-state index contributed by atoms with van der Waals surface area (Å²) in [6.07, 6.45) is -1.20. The minimum absolute atomic E-state index is 0.101. The van der Waals surface area contributed by atoms with Crippen LogP contribution in [-0.2, 0) is 11.2 Å². The number of aromatic nitrogens is 1. The zero-order valence-corrected chi connectivity index (χ0v) is 14.2. The van der Waals surface area contributed by atoms with Crippen LogP contribution in [0.4, 0.5) is 8.78 Å². The van der Waals surface area contributed by atoms with Crippen LogP contribution in [-0.4, -0.2) is 33.8 Å². The highest BCUT2D eigenvalue weighted by molar-refractivity contribution is 6.05. The van der Waals surface area contributed by atoms with Crippen LogP contribution in [0.25, 0.3) is 10.9 Å². The summed E-state index contributed by atoms with van der Waals surface area (Å²) in [5.74, 6) is -0.587. The van der Waals surface area contributed by atoms with Gasteiger partial charge in [0.05, 0.1) is 29.3 Å². The van der Waals surface area contributed by atoms with E-state index in [0.29, 0.717) is 17.7 Å². The molecule has 1 saturated heterocycles. The highest BCUT2D eigenvalue weighted by Crippen LogP contribution is 2.47. The Morgan fingerprint density at radius 2 is 2.11 bits per heavy atom. The number of carbonyl (C=O) groups excluding carboxylic acids is 2. The molecule has 0 spiro atoms. The summed E-state index contributed by atoms with van der Waals surface area (Å²) in [5.41, 5.74) is 5.79. The molecule has 2 N–H and O–H groups in total. The van der Waals surface area contributed by atoms with Gasteiger partial charge in [0.2, 0.25) is 11.8 Å². The third-order valence-electron chi connectivity index (χ3n) is 5.28. The van der Waals surface area contributed by atoms with Crippen LogP contribution in [0.2, 0.25) is 0 Å². The van der Waals surface area contributed by atoms with Crippen molar-refractivity contribution in [3.63, 3.8) is 0 Å². The largest absolute Gasteiger partial charge is 0.366 e. The van der Waals surface area contributed by atoms with E-state index in [9.17, 15) is 23.6 Å². The number of pyridine rings is 1. The normalized spacial score (nSPS) is 23.3. The summed E-state index contributed by atoms with van der Waals surface area (Å²) in [6.45, 7) is 0. The van der Waals surface area contributed by atoms with Crippen LogP contribution in [0.15, 0.2) is 24.3 Å². The molecule has 1 aromatic heterocycles. The zero-order valence-electron chi connectivity index (χ0n) is 14.2. The first-order chi connectivity index (χ1) is 12.9. The van der Waals surface area contributed by atoms with Crippen molar-refractivity contribution in [2.45, 2.75) is 37.8 Å². The van der Waals surface area contributed by atoms with Crippen molar-refractivity contribution in [2.75, 3.05) is 0 Å². The SMILES string of the molecule is N#C[C@@H]1C[C@@H]2C[C@@H]2N1C(=O)Cc1cc(C(N)=O)c2ccc(C(F)F)cc2n1. The third-order valence-corrected chi connectivity index (χ3v) is 5.28. The van der Waals surface area contributed by atoms with E-state index < -0.39 is 18.4 Å². The van der Waals surface area contributed by atoms with Gasteiger partial charge in [0.15, 0.2) is 0 Å².